The predicted molar refractivity (Wildman–Crippen MR) is 124 cm³/mol. The highest BCUT2D eigenvalue weighted by atomic mass is 19.1. The minimum atomic E-state index is -0.286. The summed E-state index contributed by atoms with van der Waals surface area (Å²) in [5.41, 5.74) is 4.19. The van der Waals surface area contributed by atoms with Gasteiger partial charge in [0.15, 0.2) is 0 Å². The van der Waals surface area contributed by atoms with Crippen LogP contribution in [0.1, 0.15) is 36.0 Å². The van der Waals surface area contributed by atoms with Gasteiger partial charge in [0, 0.05) is 42.5 Å². The molecule has 1 amide bonds. The van der Waals surface area contributed by atoms with E-state index in [1.165, 1.54) is 11.6 Å². The van der Waals surface area contributed by atoms with Crippen LogP contribution in [0.5, 0.6) is 0 Å². The molecule has 3 aromatic carbocycles. The number of benzene rings is 3. The van der Waals surface area contributed by atoms with E-state index in [0.29, 0.717) is 6.54 Å². The number of rotatable bonds is 8. The number of aryl methyl sites for hydroxylation is 1. The third kappa shape index (κ3) is 4.85. The largest absolute Gasteiger partial charge is 0.356 e. The number of nitrogens with one attached hydrogen (secondary N) is 1. The number of hydrogen-bond donors (Lipinski definition) is 1. The van der Waals surface area contributed by atoms with Crippen molar-refractivity contribution in [3.05, 3.63) is 108 Å². The lowest BCUT2D eigenvalue weighted by Crippen LogP contribution is -2.27. The van der Waals surface area contributed by atoms with E-state index in [1.54, 1.807) is 12.1 Å². The molecule has 0 bridgehead atoms. The Morgan fingerprint density at radius 2 is 1.77 bits per heavy atom. The van der Waals surface area contributed by atoms with Crippen molar-refractivity contribution in [2.45, 2.75) is 32.2 Å². The Bertz CT molecular complexity index is 1170. The van der Waals surface area contributed by atoms with Gasteiger partial charge in [-0.25, -0.2) is 4.39 Å². The highest BCUT2D eigenvalue weighted by Gasteiger charge is 2.23. The topological polar surface area (TPSA) is 34.0 Å². The smallest absolute Gasteiger partial charge is 0.220 e. The van der Waals surface area contributed by atoms with Gasteiger partial charge in [-0.3, -0.25) is 4.79 Å². The average molecular weight is 415 g/mol. The fraction of sp³-hybridized carbons (Fsp3) is 0.222. The molecule has 0 fully saturated rings. The molecule has 0 aliphatic heterocycles. The van der Waals surface area contributed by atoms with Gasteiger partial charge in [-0.1, -0.05) is 60.7 Å². The predicted octanol–water partition coefficient (Wildman–Crippen LogP) is 5.68. The fourth-order valence-corrected chi connectivity index (χ4v) is 4.19. The third-order valence-corrected chi connectivity index (χ3v) is 5.75. The minimum Gasteiger partial charge on any atom is -0.356 e. The summed E-state index contributed by atoms with van der Waals surface area (Å²) < 4.78 is 16.2. The van der Waals surface area contributed by atoms with Crippen molar-refractivity contribution in [1.29, 1.82) is 0 Å². The number of aromatic nitrogens is 1. The molecule has 3 nitrogen and oxygen atoms in total. The van der Waals surface area contributed by atoms with Crippen LogP contribution in [0.25, 0.3) is 10.9 Å². The molecule has 4 rings (SSSR count). The Labute approximate surface area is 182 Å². The minimum absolute atomic E-state index is 0.0291. The Kier molecular flexibility index (Phi) is 6.46. The van der Waals surface area contributed by atoms with Crippen LogP contribution in [0.15, 0.2) is 85.1 Å². The van der Waals surface area contributed by atoms with Gasteiger partial charge in [0.1, 0.15) is 5.82 Å². The molecule has 0 aliphatic rings. The Hall–Kier alpha value is -3.40. The Balaban J connectivity index is 1.59. The van der Waals surface area contributed by atoms with E-state index in [2.05, 4.69) is 47.3 Å². The lowest BCUT2D eigenvalue weighted by molar-refractivity contribution is -0.121. The summed E-state index contributed by atoms with van der Waals surface area (Å²) in [4.78, 5) is 12.9. The van der Waals surface area contributed by atoms with Crippen molar-refractivity contribution in [2.24, 2.45) is 0 Å². The molecule has 1 aromatic heterocycles. The number of para-hydroxylation sites is 1. The van der Waals surface area contributed by atoms with Gasteiger partial charge < -0.3 is 9.88 Å². The van der Waals surface area contributed by atoms with Gasteiger partial charge in [-0.2, -0.15) is 0 Å². The van der Waals surface area contributed by atoms with Gasteiger partial charge in [0.2, 0.25) is 5.91 Å². The number of carbonyl (C=O) groups is 1. The summed E-state index contributed by atoms with van der Waals surface area (Å²) in [7, 11) is 0. The quantitative estimate of drug-likeness (QED) is 0.395. The number of nitrogens with zero attached hydrogens (tertiary/aromatic N) is 1. The number of hydrogen-bond acceptors (Lipinski definition) is 1. The molecule has 1 N–H and O–H groups in total. The van der Waals surface area contributed by atoms with Crippen molar-refractivity contribution < 1.29 is 9.18 Å². The molecule has 0 spiro atoms. The van der Waals surface area contributed by atoms with Crippen LogP contribution in [-0.2, 0) is 17.8 Å². The maximum absolute atomic E-state index is 14.1. The SMILES string of the molecule is CCn1cc(C(CC(=O)NCCc2ccccc2)c2cccc(F)c2)c2ccccc21. The van der Waals surface area contributed by atoms with E-state index in [0.717, 1.165) is 35.0 Å². The van der Waals surface area contributed by atoms with E-state index < -0.39 is 0 Å². The summed E-state index contributed by atoms with van der Waals surface area (Å²) in [5.74, 6) is -0.533. The fourth-order valence-electron chi connectivity index (χ4n) is 4.19. The molecule has 1 atom stereocenters. The number of halogens is 1. The molecule has 4 aromatic rings. The second kappa shape index (κ2) is 9.61. The monoisotopic (exact) mass is 414 g/mol. The maximum atomic E-state index is 14.1. The van der Waals surface area contributed by atoms with Crippen molar-refractivity contribution in [2.75, 3.05) is 6.54 Å². The Morgan fingerprint density at radius 1 is 1.00 bits per heavy atom. The maximum Gasteiger partial charge on any atom is 0.220 e. The number of amides is 1. The molecular formula is C27H27FN2O. The average Bonchev–Trinajstić information content (AvgIpc) is 3.17. The first-order valence-corrected chi connectivity index (χ1v) is 10.8. The zero-order chi connectivity index (χ0) is 21.6. The Morgan fingerprint density at radius 3 is 2.55 bits per heavy atom. The van der Waals surface area contributed by atoms with Crippen LogP contribution in [-0.4, -0.2) is 17.0 Å². The molecule has 1 unspecified atom stereocenters. The zero-order valence-electron chi connectivity index (χ0n) is 17.7. The zero-order valence-corrected chi connectivity index (χ0v) is 17.7. The van der Waals surface area contributed by atoms with E-state index in [4.69, 9.17) is 0 Å². The lowest BCUT2D eigenvalue weighted by atomic mass is 9.88. The first kappa shape index (κ1) is 20.9. The standard InChI is InChI=1S/C27H27FN2O/c1-2-30-19-25(23-13-6-7-14-26(23)30)24(21-11-8-12-22(28)17-21)18-27(31)29-16-15-20-9-4-3-5-10-20/h3-14,17,19,24H,2,15-16,18H2,1H3,(H,29,31). The summed E-state index contributed by atoms with van der Waals surface area (Å²) in [5, 5.41) is 4.15. The molecule has 4 heteroatoms. The van der Waals surface area contributed by atoms with Gasteiger partial charge in [-0.05, 0) is 48.2 Å². The van der Waals surface area contributed by atoms with E-state index in [-0.39, 0.29) is 24.1 Å². The van der Waals surface area contributed by atoms with Crippen LogP contribution >= 0.6 is 0 Å². The summed E-state index contributed by atoms with van der Waals surface area (Å²) >= 11 is 0. The highest BCUT2D eigenvalue weighted by Crippen LogP contribution is 2.35. The van der Waals surface area contributed by atoms with Crippen molar-refractivity contribution in [1.82, 2.24) is 9.88 Å². The van der Waals surface area contributed by atoms with Crippen molar-refractivity contribution >= 4 is 16.8 Å². The lowest BCUT2D eigenvalue weighted by Gasteiger charge is -2.17. The number of fused-ring (bicyclic) bond motifs is 1. The highest BCUT2D eigenvalue weighted by molar-refractivity contribution is 5.86. The van der Waals surface area contributed by atoms with E-state index >= 15 is 0 Å². The summed E-state index contributed by atoms with van der Waals surface area (Å²) in [6.07, 6.45) is 3.17. The van der Waals surface area contributed by atoms with Crippen LogP contribution in [0.4, 0.5) is 4.39 Å². The molecule has 0 radical (unpaired) electrons. The van der Waals surface area contributed by atoms with Gasteiger partial charge in [0.05, 0.1) is 0 Å². The first-order valence-electron chi connectivity index (χ1n) is 10.8. The van der Waals surface area contributed by atoms with Crippen LogP contribution in [0, 0.1) is 5.82 Å². The number of carbonyl (C=O) groups excluding carboxylic acids is 1. The summed E-state index contributed by atoms with van der Waals surface area (Å²) in [6, 6.07) is 24.9. The van der Waals surface area contributed by atoms with Crippen LogP contribution < -0.4 is 5.32 Å². The third-order valence-electron chi connectivity index (χ3n) is 5.75. The van der Waals surface area contributed by atoms with Gasteiger partial charge >= 0.3 is 0 Å². The van der Waals surface area contributed by atoms with Crippen molar-refractivity contribution in [3.63, 3.8) is 0 Å². The van der Waals surface area contributed by atoms with E-state index in [9.17, 15) is 9.18 Å². The summed E-state index contributed by atoms with van der Waals surface area (Å²) in [6.45, 7) is 3.51. The van der Waals surface area contributed by atoms with Crippen LogP contribution in [0.2, 0.25) is 0 Å². The molecule has 1 heterocycles. The molecule has 158 valence electrons. The van der Waals surface area contributed by atoms with Crippen molar-refractivity contribution in [3.8, 4) is 0 Å². The van der Waals surface area contributed by atoms with Gasteiger partial charge in [-0.15, -0.1) is 0 Å². The molecular weight excluding hydrogens is 387 g/mol. The normalized spacial score (nSPS) is 12.1. The second-order valence-electron chi connectivity index (χ2n) is 7.78. The van der Waals surface area contributed by atoms with Crippen LogP contribution in [0.3, 0.4) is 0 Å². The van der Waals surface area contributed by atoms with E-state index in [1.807, 2.05) is 36.4 Å². The van der Waals surface area contributed by atoms with Gasteiger partial charge in [0.25, 0.3) is 0 Å². The first-order chi connectivity index (χ1) is 15.2. The second-order valence-corrected chi connectivity index (χ2v) is 7.78. The molecule has 0 saturated carbocycles. The molecule has 0 aliphatic carbocycles. The molecule has 0 saturated heterocycles. The molecule has 31 heavy (non-hydrogen) atoms.